The van der Waals surface area contributed by atoms with E-state index >= 15 is 0 Å². The molecule has 2 radical (unpaired) electrons. The number of aromatic nitrogens is 2. The van der Waals surface area contributed by atoms with Crippen molar-refractivity contribution in [3.8, 4) is 0 Å². The van der Waals surface area contributed by atoms with E-state index < -0.39 is 0 Å². The number of fused-ring (bicyclic) bond motifs is 2. The smallest absolute Gasteiger partial charge is 0.139 e. The molecule has 0 aliphatic rings. The average molecular weight is 357 g/mol. The van der Waals surface area contributed by atoms with Gasteiger partial charge in [-0.3, -0.25) is 4.90 Å². The summed E-state index contributed by atoms with van der Waals surface area (Å²) in [6.07, 6.45) is 0. The molecule has 0 unspecified atom stereocenters. The zero-order valence-corrected chi connectivity index (χ0v) is 15.2. The molecule has 5 rings (SSSR count). The van der Waals surface area contributed by atoms with Crippen molar-refractivity contribution in [2.75, 3.05) is 4.90 Å². The number of benzene rings is 3. The average Bonchev–Trinajstić information content (AvgIpc) is 2.75. The predicted molar refractivity (Wildman–Crippen MR) is 117 cm³/mol. The molecule has 2 heterocycles. The lowest BCUT2D eigenvalue weighted by atomic mass is 9.96. The highest BCUT2D eigenvalue weighted by Crippen LogP contribution is 2.33. The Morgan fingerprint density at radius 1 is 0.536 bits per heavy atom. The second kappa shape index (κ2) is 6.82. The van der Waals surface area contributed by atoms with Gasteiger partial charge < -0.3 is 0 Å². The van der Waals surface area contributed by atoms with Crippen molar-refractivity contribution in [2.45, 2.75) is 0 Å². The van der Waals surface area contributed by atoms with Crippen molar-refractivity contribution < 1.29 is 0 Å². The molecule has 4 heteroatoms. The molecule has 5 aromatic rings. The van der Waals surface area contributed by atoms with E-state index in [9.17, 15) is 0 Å². The van der Waals surface area contributed by atoms with E-state index in [-0.39, 0.29) is 0 Å². The number of nitrogens with zero attached hydrogens (tertiary/aromatic N) is 3. The van der Waals surface area contributed by atoms with E-state index in [0.717, 1.165) is 44.6 Å². The molecule has 0 saturated heterocycles. The van der Waals surface area contributed by atoms with Crippen LogP contribution in [0.25, 0.3) is 21.8 Å². The van der Waals surface area contributed by atoms with Crippen LogP contribution in [-0.2, 0) is 0 Å². The second-order valence-electron chi connectivity index (χ2n) is 6.65. The summed E-state index contributed by atoms with van der Waals surface area (Å²) in [6, 6.07) is 32.2. The molecule has 0 saturated carbocycles. The number of anilines is 3. The summed E-state index contributed by atoms with van der Waals surface area (Å²) in [6.45, 7) is 0. The maximum atomic E-state index is 5.90. The summed E-state index contributed by atoms with van der Waals surface area (Å²) in [4.78, 5) is 11.8. The van der Waals surface area contributed by atoms with Crippen LogP contribution in [0.5, 0.6) is 0 Å². The van der Waals surface area contributed by atoms with Gasteiger partial charge in [-0.25, -0.2) is 9.97 Å². The predicted octanol–water partition coefficient (Wildman–Crippen LogP) is 5.05. The summed E-state index contributed by atoms with van der Waals surface area (Å²) < 4.78 is 0. The summed E-state index contributed by atoms with van der Waals surface area (Å²) in [7, 11) is 5.90. The van der Waals surface area contributed by atoms with Crippen LogP contribution in [-0.4, -0.2) is 17.8 Å². The number of hydrogen-bond acceptors (Lipinski definition) is 3. The lowest BCUT2D eigenvalue weighted by molar-refractivity contribution is 1.16. The SMILES string of the molecule is [B]c1ccc(N(c2ccc3ccccc3n2)c2ccc3ccccc3n2)cc1. The molecular formula is C24H16BN3. The first-order valence-corrected chi connectivity index (χ1v) is 9.15. The maximum Gasteiger partial charge on any atom is 0.139 e. The first-order valence-electron chi connectivity index (χ1n) is 9.15. The summed E-state index contributed by atoms with van der Waals surface area (Å²) >= 11 is 0. The van der Waals surface area contributed by atoms with Crippen molar-refractivity contribution in [1.29, 1.82) is 0 Å². The van der Waals surface area contributed by atoms with Crippen LogP contribution in [0.2, 0.25) is 0 Å². The Balaban J connectivity index is 1.72. The third kappa shape index (κ3) is 2.99. The monoisotopic (exact) mass is 357 g/mol. The Morgan fingerprint density at radius 2 is 1.04 bits per heavy atom. The fourth-order valence-electron chi connectivity index (χ4n) is 3.36. The molecule has 28 heavy (non-hydrogen) atoms. The first-order chi connectivity index (χ1) is 13.8. The van der Waals surface area contributed by atoms with Gasteiger partial charge in [0.05, 0.1) is 11.0 Å². The maximum absolute atomic E-state index is 5.90. The van der Waals surface area contributed by atoms with E-state index in [0.29, 0.717) is 0 Å². The summed E-state index contributed by atoms with van der Waals surface area (Å²) in [5.74, 6) is 1.62. The Kier molecular flexibility index (Phi) is 4.02. The molecule has 3 aromatic carbocycles. The Labute approximate surface area is 164 Å². The molecule has 2 aromatic heterocycles. The number of rotatable bonds is 3. The summed E-state index contributed by atoms with van der Waals surface area (Å²) in [5, 5.41) is 2.21. The van der Waals surface area contributed by atoms with E-state index in [1.807, 2.05) is 72.8 Å². The van der Waals surface area contributed by atoms with Gasteiger partial charge in [0, 0.05) is 16.5 Å². The third-order valence-electron chi connectivity index (χ3n) is 4.78. The van der Waals surface area contributed by atoms with Gasteiger partial charge in [0.15, 0.2) is 0 Å². The fourth-order valence-corrected chi connectivity index (χ4v) is 3.36. The minimum Gasteiger partial charge on any atom is -0.279 e. The van der Waals surface area contributed by atoms with Crippen molar-refractivity contribution in [3.05, 3.63) is 97.1 Å². The van der Waals surface area contributed by atoms with Crippen LogP contribution < -0.4 is 10.4 Å². The van der Waals surface area contributed by atoms with Crippen molar-refractivity contribution in [2.24, 2.45) is 0 Å². The number of para-hydroxylation sites is 2. The van der Waals surface area contributed by atoms with Gasteiger partial charge in [-0.1, -0.05) is 54.0 Å². The van der Waals surface area contributed by atoms with E-state index in [1.165, 1.54) is 0 Å². The van der Waals surface area contributed by atoms with Crippen molar-refractivity contribution >= 4 is 52.4 Å². The lowest BCUT2D eigenvalue weighted by Gasteiger charge is -2.24. The standard InChI is InChI=1S/C24H16BN3/c25-19-11-13-20(14-12-19)28(23-15-9-17-5-1-3-7-21(17)26-23)24-16-10-18-6-2-4-8-22(18)27-24/h1-16H. The lowest BCUT2D eigenvalue weighted by Crippen LogP contribution is -2.14. The van der Waals surface area contributed by atoms with Crippen LogP contribution in [0, 0.1) is 0 Å². The van der Waals surface area contributed by atoms with Crippen LogP contribution in [0.3, 0.4) is 0 Å². The van der Waals surface area contributed by atoms with E-state index in [1.54, 1.807) is 0 Å². The van der Waals surface area contributed by atoms with Gasteiger partial charge in [0.2, 0.25) is 0 Å². The highest BCUT2D eigenvalue weighted by atomic mass is 15.2. The Hall–Kier alpha value is -3.66. The van der Waals surface area contributed by atoms with Gasteiger partial charge in [-0.2, -0.15) is 0 Å². The normalized spacial score (nSPS) is 11.0. The van der Waals surface area contributed by atoms with Crippen LogP contribution in [0.15, 0.2) is 97.1 Å². The molecule has 0 spiro atoms. The quantitative estimate of drug-likeness (QED) is 0.423. The Bertz CT molecular complexity index is 1200. The molecule has 3 nitrogen and oxygen atoms in total. The van der Waals surface area contributed by atoms with Crippen LogP contribution in [0.1, 0.15) is 0 Å². The third-order valence-corrected chi connectivity index (χ3v) is 4.78. The molecular weight excluding hydrogens is 341 g/mol. The van der Waals surface area contributed by atoms with Crippen molar-refractivity contribution in [1.82, 2.24) is 9.97 Å². The molecule has 0 amide bonds. The molecule has 0 aliphatic heterocycles. The fraction of sp³-hybridized carbons (Fsp3) is 0. The zero-order chi connectivity index (χ0) is 18.9. The minimum atomic E-state index is 0.724. The highest BCUT2D eigenvalue weighted by molar-refractivity contribution is 6.32. The molecule has 0 atom stereocenters. The molecule has 130 valence electrons. The number of pyridine rings is 2. The number of hydrogen-bond donors (Lipinski definition) is 0. The largest absolute Gasteiger partial charge is 0.279 e. The second-order valence-corrected chi connectivity index (χ2v) is 6.65. The van der Waals surface area contributed by atoms with E-state index in [2.05, 4.69) is 29.2 Å². The molecule has 0 bridgehead atoms. The zero-order valence-electron chi connectivity index (χ0n) is 15.2. The molecule has 0 aliphatic carbocycles. The highest BCUT2D eigenvalue weighted by Gasteiger charge is 2.15. The van der Waals surface area contributed by atoms with Crippen molar-refractivity contribution in [3.63, 3.8) is 0 Å². The summed E-state index contributed by atoms with van der Waals surface area (Å²) in [5.41, 5.74) is 3.57. The van der Waals surface area contributed by atoms with Gasteiger partial charge in [0.25, 0.3) is 0 Å². The topological polar surface area (TPSA) is 29.0 Å². The minimum absolute atomic E-state index is 0.724. The molecule has 0 fully saturated rings. The van der Waals surface area contributed by atoms with Crippen LogP contribution in [0.4, 0.5) is 17.3 Å². The van der Waals surface area contributed by atoms with Gasteiger partial charge >= 0.3 is 0 Å². The molecule has 0 N–H and O–H groups in total. The van der Waals surface area contributed by atoms with Gasteiger partial charge in [0.1, 0.15) is 19.5 Å². The Morgan fingerprint density at radius 3 is 1.57 bits per heavy atom. The first kappa shape index (κ1) is 16.5. The van der Waals surface area contributed by atoms with Gasteiger partial charge in [-0.15, -0.1) is 0 Å². The van der Waals surface area contributed by atoms with Gasteiger partial charge in [-0.05, 0) is 48.5 Å². The van der Waals surface area contributed by atoms with E-state index in [4.69, 9.17) is 17.8 Å². The van der Waals surface area contributed by atoms with Crippen LogP contribution >= 0.6 is 0 Å².